The van der Waals surface area contributed by atoms with Gasteiger partial charge in [0.1, 0.15) is 0 Å². The smallest absolute Gasteiger partial charge is 0.251 e. The fourth-order valence-electron chi connectivity index (χ4n) is 3.35. The molecule has 1 atom stereocenters. The van der Waals surface area contributed by atoms with E-state index in [0.29, 0.717) is 24.9 Å². The number of rotatable bonds is 5. The maximum Gasteiger partial charge on any atom is 0.251 e. The number of aliphatic hydroxyl groups excluding tert-OH is 1. The molecule has 0 aromatic heterocycles. The first-order chi connectivity index (χ1) is 13.2. The summed E-state index contributed by atoms with van der Waals surface area (Å²) in [6, 6.07) is 15.6. The highest BCUT2D eigenvalue weighted by Gasteiger charge is 2.30. The second-order valence-corrected chi connectivity index (χ2v) is 9.57. The molecule has 0 radical (unpaired) electrons. The highest BCUT2D eigenvalue weighted by molar-refractivity contribution is 7.89. The van der Waals surface area contributed by atoms with Gasteiger partial charge in [-0.1, -0.05) is 30.3 Å². The Bertz CT molecular complexity index is 925. The lowest BCUT2D eigenvalue weighted by Crippen LogP contribution is -2.42. The Balaban J connectivity index is 1.74. The number of benzene rings is 2. The van der Waals surface area contributed by atoms with Gasteiger partial charge in [-0.25, -0.2) is 8.42 Å². The molecule has 1 fully saturated rings. The Kier molecular flexibility index (Phi) is 5.88. The predicted molar refractivity (Wildman–Crippen MR) is 107 cm³/mol. The van der Waals surface area contributed by atoms with E-state index in [-0.39, 0.29) is 17.3 Å². The zero-order valence-corrected chi connectivity index (χ0v) is 16.9. The first-order valence-electron chi connectivity index (χ1n) is 9.36. The standard InChI is InChI=1S/C21H26N2O4S/c1-21(2,17-7-4-3-5-8-17)22-20(25)16-10-12-19(13-11-16)28(26,27)23-14-6-9-18(24)15-23/h3-5,7-8,10-13,18,24H,6,9,14-15H2,1-2H3,(H,22,25)/t18-/m1/s1. The van der Waals surface area contributed by atoms with Gasteiger partial charge in [-0.15, -0.1) is 0 Å². The average Bonchev–Trinajstić information content (AvgIpc) is 2.68. The van der Waals surface area contributed by atoms with Gasteiger partial charge in [0.15, 0.2) is 0 Å². The first kappa shape index (κ1) is 20.5. The summed E-state index contributed by atoms with van der Waals surface area (Å²) in [4.78, 5) is 12.8. The van der Waals surface area contributed by atoms with E-state index in [1.165, 1.54) is 28.6 Å². The van der Waals surface area contributed by atoms with Crippen molar-refractivity contribution in [2.45, 2.75) is 43.2 Å². The van der Waals surface area contributed by atoms with E-state index in [4.69, 9.17) is 0 Å². The van der Waals surface area contributed by atoms with Gasteiger partial charge in [0, 0.05) is 18.7 Å². The second-order valence-electron chi connectivity index (χ2n) is 7.63. The molecule has 0 aliphatic carbocycles. The third-order valence-electron chi connectivity index (χ3n) is 5.04. The van der Waals surface area contributed by atoms with Crippen LogP contribution in [0.4, 0.5) is 0 Å². The van der Waals surface area contributed by atoms with Crippen molar-refractivity contribution in [1.29, 1.82) is 0 Å². The summed E-state index contributed by atoms with van der Waals surface area (Å²) in [6.07, 6.45) is 0.617. The van der Waals surface area contributed by atoms with Crippen LogP contribution in [0.1, 0.15) is 42.6 Å². The molecule has 0 saturated carbocycles. The molecule has 7 heteroatoms. The minimum atomic E-state index is -3.67. The van der Waals surface area contributed by atoms with E-state index in [9.17, 15) is 18.3 Å². The maximum absolute atomic E-state index is 12.7. The largest absolute Gasteiger partial charge is 0.392 e. The number of nitrogens with one attached hydrogen (secondary N) is 1. The zero-order chi connectivity index (χ0) is 20.4. The van der Waals surface area contributed by atoms with Crippen molar-refractivity contribution in [3.8, 4) is 0 Å². The molecule has 1 aliphatic heterocycles. The van der Waals surface area contributed by atoms with Crippen LogP contribution in [0.5, 0.6) is 0 Å². The van der Waals surface area contributed by atoms with Crippen molar-refractivity contribution in [2.24, 2.45) is 0 Å². The number of nitrogens with zero attached hydrogens (tertiary/aromatic N) is 1. The molecule has 1 saturated heterocycles. The van der Waals surface area contributed by atoms with Crippen LogP contribution < -0.4 is 5.32 Å². The van der Waals surface area contributed by atoms with Crippen LogP contribution >= 0.6 is 0 Å². The highest BCUT2D eigenvalue weighted by atomic mass is 32.2. The van der Waals surface area contributed by atoms with Gasteiger partial charge >= 0.3 is 0 Å². The maximum atomic E-state index is 12.7. The lowest BCUT2D eigenvalue weighted by Gasteiger charge is -2.29. The van der Waals surface area contributed by atoms with Gasteiger partial charge in [-0.05, 0) is 56.5 Å². The molecule has 0 bridgehead atoms. The van der Waals surface area contributed by atoms with Gasteiger partial charge in [0.2, 0.25) is 10.0 Å². The minimum Gasteiger partial charge on any atom is -0.392 e. The van der Waals surface area contributed by atoms with Gasteiger partial charge in [0.05, 0.1) is 16.5 Å². The number of hydrogen-bond acceptors (Lipinski definition) is 4. The van der Waals surface area contributed by atoms with Crippen LogP contribution in [0.25, 0.3) is 0 Å². The first-order valence-corrected chi connectivity index (χ1v) is 10.8. The van der Waals surface area contributed by atoms with Gasteiger partial charge in [0.25, 0.3) is 5.91 Å². The molecule has 2 aromatic carbocycles. The third kappa shape index (κ3) is 4.43. The number of β-amino-alcohol motifs (C(OH)–C–C–N with tert-alkyl or cyclic N) is 1. The SMILES string of the molecule is CC(C)(NC(=O)c1ccc(S(=O)(=O)N2CCC[C@@H](O)C2)cc1)c1ccccc1. The van der Waals surface area contributed by atoms with E-state index < -0.39 is 21.7 Å². The van der Waals surface area contributed by atoms with Crippen LogP contribution in [0.2, 0.25) is 0 Å². The van der Waals surface area contributed by atoms with Crippen LogP contribution in [0.15, 0.2) is 59.5 Å². The van der Waals surface area contributed by atoms with Gasteiger partial charge < -0.3 is 10.4 Å². The number of hydrogen-bond donors (Lipinski definition) is 2. The molecule has 2 N–H and O–H groups in total. The van der Waals surface area contributed by atoms with Crippen molar-refractivity contribution < 1.29 is 18.3 Å². The molecule has 2 aromatic rings. The van der Waals surface area contributed by atoms with Crippen LogP contribution in [-0.4, -0.2) is 42.9 Å². The van der Waals surface area contributed by atoms with E-state index in [2.05, 4.69) is 5.32 Å². The molecular weight excluding hydrogens is 376 g/mol. The summed E-state index contributed by atoms with van der Waals surface area (Å²) >= 11 is 0. The minimum absolute atomic E-state index is 0.107. The number of carbonyl (C=O) groups excluding carboxylic acids is 1. The molecule has 1 amide bonds. The molecule has 0 unspecified atom stereocenters. The monoisotopic (exact) mass is 402 g/mol. The Morgan fingerprint density at radius 2 is 1.75 bits per heavy atom. The average molecular weight is 403 g/mol. The van der Waals surface area contributed by atoms with Crippen LogP contribution in [0, 0.1) is 0 Å². The molecule has 1 aliphatic rings. The number of aliphatic hydroxyl groups is 1. The molecular formula is C21H26N2O4S. The van der Waals surface area contributed by atoms with Crippen LogP contribution in [0.3, 0.4) is 0 Å². The second kappa shape index (κ2) is 8.03. The predicted octanol–water partition coefficient (Wildman–Crippen LogP) is 2.50. The Morgan fingerprint density at radius 3 is 2.36 bits per heavy atom. The Labute approximate surface area is 166 Å². The summed E-state index contributed by atoms with van der Waals surface area (Å²) in [7, 11) is -3.67. The molecule has 150 valence electrons. The molecule has 0 spiro atoms. The Hall–Kier alpha value is -2.22. The number of carbonyl (C=O) groups is 1. The molecule has 28 heavy (non-hydrogen) atoms. The summed E-state index contributed by atoms with van der Waals surface area (Å²) in [5.41, 5.74) is 0.806. The fraction of sp³-hybridized carbons (Fsp3) is 0.381. The van der Waals surface area contributed by atoms with E-state index >= 15 is 0 Å². The fourth-order valence-corrected chi connectivity index (χ4v) is 4.87. The van der Waals surface area contributed by atoms with E-state index in [0.717, 1.165) is 5.56 Å². The summed E-state index contributed by atoms with van der Waals surface area (Å²) in [5, 5.41) is 12.7. The van der Waals surface area contributed by atoms with Gasteiger partial charge in [-0.3, -0.25) is 4.79 Å². The quantitative estimate of drug-likeness (QED) is 0.805. The summed E-state index contributed by atoms with van der Waals surface area (Å²) in [6.45, 7) is 4.34. The Morgan fingerprint density at radius 1 is 1.11 bits per heavy atom. The lowest BCUT2D eigenvalue weighted by molar-refractivity contribution is 0.0912. The molecule has 3 rings (SSSR count). The summed E-state index contributed by atoms with van der Waals surface area (Å²) < 4.78 is 26.8. The normalized spacial score (nSPS) is 18.6. The highest BCUT2D eigenvalue weighted by Crippen LogP contribution is 2.23. The topological polar surface area (TPSA) is 86.7 Å². The van der Waals surface area contributed by atoms with Gasteiger partial charge in [-0.2, -0.15) is 4.31 Å². The molecule has 1 heterocycles. The van der Waals surface area contributed by atoms with E-state index in [1.54, 1.807) is 0 Å². The lowest BCUT2D eigenvalue weighted by atomic mass is 9.94. The zero-order valence-electron chi connectivity index (χ0n) is 16.1. The van der Waals surface area contributed by atoms with Crippen molar-refractivity contribution in [1.82, 2.24) is 9.62 Å². The molecule has 6 nitrogen and oxygen atoms in total. The number of amides is 1. The van der Waals surface area contributed by atoms with Crippen LogP contribution in [-0.2, 0) is 15.6 Å². The van der Waals surface area contributed by atoms with Crippen molar-refractivity contribution >= 4 is 15.9 Å². The van der Waals surface area contributed by atoms with Crippen molar-refractivity contribution in [2.75, 3.05) is 13.1 Å². The third-order valence-corrected chi connectivity index (χ3v) is 6.91. The number of sulfonamides is 1. The van der Waals surface area contributed by atoms with Crippen molar-refractivity contribution in [3.05, 3.63) is 65.7 Å². The number of piperidine rings is 1. The van der Waals surface area contributed by atoms with Crippen molar-refractivity contribution in [3.63, 3.8) is 0 Å². The summed E-state index contributed by atoms with van der Waals surface area (Å²) in [5.74, 6) is -0.272. The van der Waals surface area contributed by atoms with E-state index in [1.807, 2.05) is 44.2 Å².